The molecule has 0 radical (unpaired) electrons. The number of hydrogen-bond acceptors (Lipinski definition) is 4. The third-order valence-electron chi connectivity index (χ3n) is 4.30. The van der Waals surface area contributed by atoms with Crippen molar-refractivity contribution in [3.8, 4) is 11.3 Å². The minimum absolute atomic E-state index is 0.868. The van der Waals surface area contributed by atoms with E-state index < -0.39 is 0 Å². The lowest BCUT2D eigenvalue weighted by Gasteiger charge is -2.35. The topological polar surface area (TPSA) is 24.3 Å². The molecule has 0 aliphatic carbocycles. The van der Waals surface area contributed by atoms with Crippen LogP contribution in [0.1, 0.15) is 0 Å². The second kappa shape index (κ2) is 6.56. The maximum atomic E-state index is 4.69. The van der Waals surface area contributed by atoms with Gasteiger partial charge in [-0.3, -0.25) is 9.58 Å². The molecule has 23 heavy (non-hydrogen) atoms. The number of aromatic nitrogens is 2. The molecule has 3 heterocycles. The number of rotatable bonds is 4. The second-order valence-corrected chi connectivity index (χ2v) is 6.61. The first-order valence-electron chi connectivity index (χ1n) is 7.97. The Morgan fingerprint density at radius 3 is 2.52 bits per heavy atom. The van der Waals surface area contributed by atoms with Crippen LogP contribution >= 0.6 is 11.3 Å². The molecule has 118 valence electrons. The summed E-state index contributed by atoms with van der Waals surface area (Å²) in [6, 6.07) is 14.9. The van der Waals surface area contributed by atoms with Crippen molar-refractivity contribution in [1.82, 2.24) is 14.7 Å². The van der Waals surface area contributed by atoms with Crippen LogP contribution in [0.15, 0.2) is 59.4 Å². The van der Waals surface area contributed by atoms with E-state index in [1.807, 2.05) is 4.68 Å². The number of para-hydroxylation sites is 1. The van der Waals surface area contributed by atoms with Gasteiger partial charge in [0, 0.05) is 49.0 Å². The minimum Gasteiger partial charge on any atom is -0.369 e. The third-order valence-corrected chi connectivity index (χ3v) is 4.98. The average Bonchev–Trinajstić information content (AvgIpc) is 3.28. The Bertz CT molecular complexity index is 727. The van der Waals surface area contributed by atoms with Gasteiger partial charge < -0.3 is 4.90 Å². The van der Waals surface area contributed by atoms with Crippen molar-refractivity contribution in [2.45, 2.75) is 6.67 Å². The van der Waals surface area contributed by atoms with Gasteiger partial charge >= 0.3 is 0 Å². The Morgan fingerprint density at radius 2 is 1.78 bits per heavy atom. The van der Waals surface area contributed by atoms with Gasteiger partial charge in [0.2, 0.25) is 0 Å². The van der Waals surface area contributed by atoms with Crippen molar-refractivity contribution in [3.63, 3.8) is 0 Å². The number of thiophene rings is 1. The molecule has 2 aromatic heterocycles. The quantitative estimate of drug-likeness (QED) is 0.735. The predicted octanol–water partition coefficient (Wildman–Crippen LogP) is 3.39. The summed E-state index contributed by atoms with van der Waals surface area (Å²) in [6.45, 7) is 5.16. The maximum absolute atomic E-state index is 4.69. The first kappa shape index (κ1) is 14.5. The van der Waals surface area contributed by atoms with Crippen LogP contribution in [0.2, 0.25) is 0 Å². The van der Waals surface area contributed by atoms with Gasteiger partial charge in [-0.05, 0) is 29.6 Å². The molecule has 1 aliphatic rings. The van der Waals surface area contributed by atoms with Crippen molar-refractivity contribution in [2.24, 2.45) is 0 Å². The first-order chi connectivity index (χ1) is 11.4. The van der Waals surface area contributed by atoms with Crippen molar-refractivity contribution in [1.29, 1.82) is 0 Å². The fourth-order valence-corrected chi connectivity index (χ4v) is 3.65. The Hall–Kier alpha value is -2.11. The summed E-state index contributed by atoms with van der Waals surface area (Å²) in [5.74, 6) is 0. The van der Waals surface area contributed by atoms with E-state index in [1.165, 1.54) is 11.3 Å². The molecule has 0 unspecified atom stereocenters. The summed E-state index contributed by atoms with van der Waals surface area (Å²) < 4.78 is 2.05. The van der Waals surface area contributed by atoms with E-state index in [0.717, 1.165) is 38.5 Å². The van der Waals surface area contributed by atoms with Crippen molar-refractivity contribution in [3.05, 3.63) is 59.4 Å². The summed E-state index contributed by atoms with van der Waals surface area (Å²) in [4.78, 5) is 4.92. The van der Waals surface area contributed by atoms with Crippen molar-refractivity contribution >= 4 is 17.0 Å². The van der Waals surface area contributed by atoms with Crippen LogP contribution in [0.5, 0.6) is 0 Å². The standard InChI is InChI=1S/C18H20N4S/c1-2-4-17(5-3-1)21-11-9-20(10-12-21)15-22-8-6-18(19-22)16-7-13-23-14-16/h1-8,13-14H,9-12,15H2. The molecule has 3 aromatic rings. The van der Waals surface area contributed by atoms with Crippen LogP contribution in [0.25, 0.3) is 11.3 Å². The van der Waals surface area contributed by atoms with Crippen LogP contribution < -0.4 is 4.90 Å². The highest BCUT2D eigenvalue weighted by molar-refractivity contribution is 7.08. The fourth-order valence-electron chi connectivity index (χ4n) is 3.00. The highest BCUT2D eigenvalue weighted by atomic mass is 32.1. The lowest BCUT2D eigenvalue weighted by Crippen LogP contribution is -2.46. The first-order valence-corrected chi connectivity index (χ1v) is 8.91. The largest absolute Gasteiger partial charge is 0.369 e. The zero-order valence-electron chi connectivity index (χ0n) is 13.0. The molecule has 5 heteroatoms. The van der Waals surface area contributed by atoms with Gasteiger partial charge in [-0.1, -0.05) is 18.2 Å². The van der Waals surface area contributed by atoms with Crippen LogP contribution in [-0.2, 0) is 6.67 Å². The molecule has 0 saturated carbocycles. The van der Waals surface area contributed by atoms with Crippen molar-refractivity contribution < 1.29 is 0 Å². The van der Waals surface area contributed by atoms with E-state index in [4.69, 9.17) is 5.10 Å². The van der Waals surface area contributed by atoms with Crippen LogP contribution in [0.3, 0.4) is 0 Å². The highest BCUT2D eigenvalue weighted by Gasteiger charge is 2.17. The summed E-state index contributed by atoms with van der Waals surface area (Å²) in [6.07, 6.45) is 2.08. The Labute approximate surface area is 140 Å². The average molecular weight is 324 g/mol. The van der Waals surface area contributed by atoms with Gasteiger partial charge in [-0.15, -0.1) is 0 Å². The molecule has 1 aliphatic heterocycles. The SMILES string of the molecule is c1ccc(N2CCN(Cn3ccc(-c4ccsc4)n3)CC2)cc1. The zero-order chi connectivity index (χ0) is 15.5. The summed E-state index contributed by atoms with van der Waals surface area (Å²) in [5.41, 5.74) is 3.60. The number of piperazine rings is 1. The highest BCUT2D eigenvalue weighted by Crippen LogP contribution is 2.20. The number of anilines is 1. The molecular formula is C18H20N4S. The number of benzene rings is 1. The van der Waals surface area contributed by atoms with Gasteiger partial charge in [0.25, 0.3) is 0 Å². The fraction of sp³-hybridized carbons (Fsp3) is 0.278. The van der Waals surface area contributed by atoms with Crippen LogP contribution in [0, 0.1) is 0 Å². The van der Waals surface area contributed by atoms with E-state index in [0.29, 0.717) is 0 Å². The molecule has 0 spiro atoms. The van der Waals surface area contributed by atoms with Gasteiger partial charge in [0.1, 0.15) is 0 Å². The lowest BCUT2D eigenvalue weighted by atomic mass is 10.2. The van der Waals surface area contributed by atoms with Crippen LogP contribution in [-0.4, -0.2) is 40.9 Å². The molecule has 4 nitrogen and oxygen atoms in total. The van der Waals surface area contributed by atoms with E-state index in [-0.39, 0.29) is 0 Å². The summed E-state index contributed by atoms with van der Waals surface area (Å²) in [7, 11) is 0. The van der Waals surface area contributed by atoms with Crippen molar-refractivity contribution in [2.75, 3.05) is 31.1 Å². The Morgan fingerprint density at radius 1 is 0.957 bits per heavy atom. The molecular weight excluding hydrogens is 304 g/mol. The maximum Gasteiger partial charge on any atom is 0.0932 e. The smallest absolute Gasteiger partial charge is 0.0932 e. The van der Waals surface area contributed by atoms with Crippen LogP contribution in [0.4, 0.5) is 5.69 Å². The Balaban J connectivity index is 1.35. The molecule has 1 fully saturated rings. The van der Waals surface area contributed by atoms with E-state index in [9.17, 15) is 0 Å². The van der Waals surface area contributed by atoms with Gasteiger partial charge in [0.05, 0.1) is 12.4 Å². The summed E-state index contributed by atoms with van der Waals surface area (Å²) >= 11 is 1.71. The van der Waals surface area contributed by atoms with E-state index in [2.05, 4.69) is 69.2 Å². The molecule has 0 N–H and O–H groups in total. The lowest BCUT2D eigenvalue weighted by molar-refractivity contribution is 0.196. The molecule has 4 rings (SSSR count). The second-order valence-electron chi connectivity index (χ2n) is 5.83. The normalized spacial score (nSPS) is 15.9. The molecule has 0 amide bonds. The monoisotopic (exact) mass is 324 g/mol. The molecule has 0 atom stereocenters. The summed E-state index contributed by atoms with van der Waals surface area (Å²) in [5, 5.41) is 8.93. The predicted molar refractivity (Wildman–Crippen MR) is 95.8 cm³/mol. The number of nitrogens with zero attached hydrogens (tertiary/aromatic N) is 4. The molecule has 1 aromatic carbocycles. The van der Waals surface area contributed by atoms with Gasteiger partial charge in [-0.25, -0.2) is 0 Å². The van der Waals surface area contributed by atoms with E-state index in [1.54, 1.807) is 11.3 Å². The Kier molecular flexibility index (Phi) is 4.13. The molecule has 0 bridgehead atoms. The zero-order valence-corrected chi connectivity index (χ0v) is 13.8. The third kappa shape index (κ3) is 3.30. The van der Waals surface area contributed by atoms with E-state index >= 15 is 0 Å². The number of hydrogen-bond donors (Lipinski definition) is 0. The van der Waals surface area contributed by atoms with Gasteiger partial charge in [-0.2, -0.15) is 16.4 Å². The molecule has 1 saturated heterocycles. The minimum atomic E-state index is 0.868. The van der Waals surface area contributed by atoms with Gasteiger partial charge in [0.15, 0.2) is 0 Å².